The molecule has 132 valence electrons. The second-order valence-corrected chi connectivity index (χ2v) is 5.63. The van der Waals surface area contributed by atoms with E-state index in [2.05, 4.69) is 20.5 Å². The number of esters is 1. The molecule has 0 aliphatic rings. The highest BCUT2D eigenvalue weighted by Gasteiger charge is 2.19. The number of aromatic nitrogens is 3. The Morgan fingerprint density at radius 3 is 2.65 bits per heavy atom. The molecule has 0 saturated heterocycles. The summed E-state index contributed by atoms with van der Waals surface area (Å²) in [5.41, 5.74) is 1.01. The number of ether oxygens (including phenoxy) is 1. The van der Waals surface area contributed by atoms with Crippen molar-refractivity contribution < 1.29 is 13.9 Å². The van der Waals surface area contributed by atoms with Gasteiger partial charge in [-0.25, -0.2) is 14.2 Å². The number of carbonyl (C=O) groups is 1. The van der Waals surface area contributed by atoms with Crippen molar-refractivity contribution in [2.24, 2.45) is 0 Å². The van der Waals surface area contributed by atoms with Crippen molar-refractivity contribution in [3.05, 3.63) is 65.1 Å². The topological polar surface area (TPSA) is 77.0 Å². The Hall–Kier alpha value is -3.06. The maximum atomic E-state index is 13.5. The van der Waals surface area contributed by atoms with Gasteiger partial charge >= 0.3 is 5.97 Å². The number of hydrogen-bond donors (Lipinski definition) is 1. The van der Waals surface area contributed by atoms with Gasteiger partial charge in [0.05, 0.1) is 6.61 Å². The molecule has 1 N–H and O–H groups in total. The largest absolute Gasteiger partial charge is 0.461 e. The van der Waals surface area contributed by atoms with E-state index in [4.69, 9.17) is 16.3 Å². The molecule has 0 saturated carbocycles. The quantitative estimate of drug-likeness (QED) is 0.674. The third kappa shape index (κ3) is 4.12. The van der Waals surface area contributed by atoms with Gasteiger partial charge in [-0.1, -0.05) is 23.7 Å². The molecular weight excluding hydrogens is 359 g/mol. The van der Waals surface area contributed by atoms with Crippen LogP contribution in [-0.4, -0.2) is 27.8 Å². The van der Waals surface area contributed by atoms with Crippen LogP contribution < -0.4 is 5.32 Å². The van der Waals surface area contributed by atoms with E-state index in [0.717, 1.165) is 0 Å². The summed E-state index contributed by atoms with van der Waals surface area (Å²) in [7, 11) is 0. The van der Waals surface area contributed by atoms with Crippen LogP contribution in [0, 0.1) is 5.82 Å². The number of anilines is 2. The van der Waals surface area contributed by atoms with Crippen molar-refractivity contribution in [2.75, 3.05) is 11.9 Å². The highest BCUT2D eigenvalue weighted by atomic mass is 35.5. The van der Waals surface area contributed by atoms with Crippen molar-refractivity contribution in [3.63, 3.8) is 0 Å². The van der Waals surface area contributed by atoms with Gasteiger partial charge in [-0.15, -0.1) is 10.2 Å². The number of halogens is 2. The monoisotopic (exact) mass is 372 g/mol. The van der Waals surface area contributed by atoms with Gasteiger partial charge in [-0.2, -0.15) is 0 Å². The molecule has 0 fully saturated rings. The Bertz CT molecular complexity index is 935. The summed E-state index contributed by atoms with van der Waals surface area (Å²) in [6.45, 7) is 1.87. The standard InChI is InChI=1S/C18H14ClFN4O2/c1-2-26-18(25)15-17(21-14-8-6-12(19)7-9-14)22-16(24-23-15)11-4-3-5-13(20)10-11/h3-10H,2H2,1H3,(H,21,22,24). The van der Waals surface area contributed by atoms with Crippen molar-refractivity contribution in [2.45, 2.75) is 6.92 Å². The zero-order chi connectivity index (χ0) is 18.5. The van der Waals surface area contributed by atoms with Crippen LogP contribution in [0.4, 0.5) is 15.9 Å². The molecule has 3 rings (SSSR count). The molecule has 0 unspecified atom stereocenters. The van der Waals surface area contributed by atoms with Gasteiger partial charge in [0.15, 0.2) is 11.6 Å². The van der Waals surface area contributed by atoms with Crippen molar-refractivity contribution in [1.82, 2.24) is 15.2 Å². The fourth-order valence-electron chi connectivity index (χ4n) is 2.17. The van der Waals surface area contributed by atoms with E-state index in [1.54, 1.807) is 43.3 Å². The molecular formula is C18H14ClFN4O2. The molecule has 3 aromatic rings. The van der Waals surface area contributed by atoms with E-state index in [-0.39, 0.29) is 23.9 Å². The van der Waals surface area contributed by atoms with Crippen molar-refractivity contribution >= 4 is 29.1 Å². The summed E-state index contributed by atoms with van der Waals surface area (Å²) in [4.78, 5) is 16.4. The second-order valence-electron chi connectivity index (χ2n) is 5.20. The zero-order valence-corrected chi connectivity index (χ0v) is 14.5. The van der Waals surface area contributed by atoms with Crippen LogP contribution in [0.2, 0.25) is 5.02 Å². The molecule has 6 nitrogen and oxygen atoms in total. The molecule has 0 spiro atoms. The lowest BCUT2D eigenvalue weighted by molar-refractivity contribution is 0.0519. The number of hydrogen-bond acceptors (Lipinski definition) is 6. The van der Waals surface area contributed by atoms with E-state index in [9.17, 15) is 9.18 Å². The summed E-state index contributed by atoms with van der Waals surface area (Å²) in [5, 5.41) is 11.4. The van der Waals surface area contributed by atoms with Crippen LogP contribution in [0.3, 0.4) is 0 Å². The molecule has 2 aromatic carbocycles. The van der Waals surface area contributed by atoms with E-state index in [1.807, 2.05) is 0 Å². The molecule has 0 amide bonds. The summed E-state index contributed by atoms with van der Waals surface area (Å²) >= 11 is 5.88. The summed E-state index contributed by atoms with van der Waals surface area (Å²) in [5.74, 6) is -0.753. The molecule has 8 heteroatoms. The Kier molecular flexibility index (Phi) is 5.38. The Morgan fingerprint density at radius 1 is 1.19 bits per heavy atom. The number of carbonyl (C=O) groups excluding carboxylic acids is 1. The molecule has 0 bridgehead atoms. The van der Waals surface area contributed by atoms with Gasteiger partial charge in [0.1, 0.15) is 5.82 Å². The van der Waals surface area contributed by atoms with E-state index >= 15 is 0 Å². The van der Waals surface area contributed by atoms with Gasteiger partial charge in [0.2, 0.25) is 5.69 Å². The van der Waals surface area contributed by atoms with Gasteiger partial charge < -0.3 is 10.1 Å². The van der Waals surface area contributed by atoms with Crippen LogP contribution >= 0.6 is 11.6 Å². The third-order valence-corrected chi connectivity index (χ3v) is 3.60. The number of rotatable bonds is 5. The first-order chi connectivity index (χ1) is 12.6. The third-order valence-electron chi connectivity index (χ3n) is 3.35. The van der Waals surface area contributed by atoms with E-state index in [0.29, 0.717) is 16.3 Å². The molecule has 1 heterocycles. The Morgan fingerprint density at radius 2 is 1.96 bits per heavy atom. The van der Waals surface area contributed by atoms with Crippen LogP contribution in [0.5, 0.6) is 0 Å². The van der Waals surface area contributed by atoms with Gasteiger partial charge in [-0.05, 0) is 43.3 Å². The van der Waals surface area contributed by atoms with Gasteiger partial charge in [-0.3, -0.25) is 0 Å². The average molecular weight is 373 g/mol. The summed E-state index contributed by atoms with van der Waals surface area (Å²) in [6, 6.07) is 12.6. The minimum Gasteiger partial charge on any atom is -0.461 e. The molecule has 0 radical (unpaired) electrons. The normalized spacial score (nSPS) is 10.4. The molecule has 1 aromatic heterocycles. The molecule has 26 heavy (non-hydrogen) atoms. The Balaban J connectivity index is 2.02. The lowest BCUT2D eigenvalue weighted by Gasteiger charge is -2.11. The zero-order valence-electron chi connectivity index (χ0n) is 13.7. The number of benzene rings is 2. The predicted molar refractivity (Wildman–Crippen MR) is 95.9 cm³/mol. The summed E-state index contributed by atoms with van der Waals surface area (Å²) < 4.78 is 18.5. The average Bonchev–Trinajstić information content (AvgIpc) is 2.64. The maximum absolute atomic E-state index is 13.5. The first kappa shape index (κ1) is 17.8. The molecule has 0 aliphatic heterocycles. The Labute approximate surface area is 154 Å². The summed E-state index contributed by atoms with van der Waals surface area (Å²) in [6.07, 6.45) is 0. The van der Waals surface area contributed by atoms with E-state index < -0.39 is 11.8 Å². The highest BCUT2D eigenvalue weighted by molar-refractivity contribution is 6.30. The van der Waals surface area contributed by atoms with Gasteiger partial charge in [0.25, 0.3) is 0 Å². The lowest BCUT2D eigenvalue weighted by atomic mass is 10.2. The van der Waals surface area contributed by atoms with Crippen LogP contribution in [0.1, 0.15) is 17.4 Å². The van der Waals surface area contributed by atoms with Crippen LogP contribution in [0.25, 0.3) is 11.4 Å². The number of nitrogens with one attached hydrogen (secondary N) is 1. The van der Waals surface area contributed by atoms with E-state index in [1.165, 1.54) is 12.1 Å². The lowest BCUT2D eigenvalue weighted by Crippen LogP contribution is -2.14. The van der Waals surface area contributed by atoms with Gasteiger partial charge in [0, 0.05) is 16.3 Å². The SMILES string of the molecule is CCOC(=O)c1nnc(-c2cccc(F)c2)nc1Nc1ccc(Cl)cc1. The van der Waals surface area contributed by atoms with Crippen LogP contribution in [-0.2, 0) is 4.74 Å². The number of nitrogens with zero attached hydrogens (tertiary/aromatic N) is 3. The van der Waals surface area contributed by atoms with Crippen molar-refractivity contribution in [3.8, 4) is 11.4 Å². The van der Waals surface area contributed by atoms with Crippen LogP contribution in [0.15, 0.2) is 48.5 Å². The van der Waals surface area contributed by atoms with Crippen molar-refractivity contribution in [1.29, 1.82) is 0 Å². The minimum atomic E-state index is -0.658. The fourth-order valence-corrected chi connectivity index (χ4v) is 2.30. The second kappa shape index (κ2) is 7.88. The molecule has 0 atom stereocenters. The first-order valence-corrected chi connectivity index (χ1v) is 8.15. The molecule has 0 aliphatic carbocycles. The first-order valence-electron chi connectivity index (χ1n) is 7.77. The minimum absolute atomic E-state index is 0.0676. The predicted octanol–water partition coefficient (Wildman–Crippen LogP) is 4.25. The highest BCUT2D eigenvalue weighted by Crippen LogP contribution is 2.23. The smallest absolute Gasteiger partial charge is 0.362 e. The maximum Gasteiger partial charge on any atom is 0.362 e. The fraction of sp³-hybridized carbons (Fsp3) is 0.111.